The smallest absolute Gasteiger partial charge is 0.117 e. The molecule has 0 saturated heterocycles. The Kier molecular flexibility index (Phi) is 4.13. The number of alkyl halides is 2. The molecule has 0 heterocycles. The summed E-state index contributed by atoms with van der Waals surface area (Å²) in [6, 6.07) is 10.1. The summed E-state index contributed by atoms with van der Waals surface area (Å²) in [4.78, 5) is 0.930. The van der Waals surface area contributed by atoms with E-state index in [1.165, 1.54) is 4.90 Å². The maximum Gasteiger partial charge on any atom is 0.117 e. The van der Waals surface area contributed by atoms with Crippen molar-refractivity contribution in [2.75, 3.05) is 5.75 Å². The number of hydrogen-bond acceptors (Lipinski definition) is 1. The van der Waals surface area contributed by atoms with E-state index < -0.39 is 0 Å². The van der Waals surface area contributed by atoms with Crippen molar-refractivity contribution in [2.24, 2.45) is 0 Å². The molecule has 0 fully saturated rings. The van der Waals surface area contributed by atoms with E-state index in [0.29, 0.717) is 0 Å². The van der Waals surface area contributed by atoms with Gasteiger partial charge >= 0.3 is 0 Å². The van der Waals surface area contributed by atoms with Crippen LogP contribution in [0, 0.1) is 0 Å². The van der Waals surface area contributed by atoms with Crippen LogP contribution >= 0.6 is 35.0 Å². The van der Waals surface area contributed by atoms with Crippen LogP contribution in [0.2, 0.25) is 0 Å². The SMILES string of the molecule is ClC(Cl)[13CH2]Sc1ccccc1. The second kappa shape index (κ2) is 4.91. The molecule has 0 nitrogen and oxygen atoms in total. The van der Waals surface area contributed by atoms with Crippen molar-refractivity contribution in [2.45, 2.75) is 9.73 Å². The van der Waals surface area contributed by atoms with Crippen molar-refractivity contribution < 1.29 is 0 Å². The molecule has 60 valence electrons. The zero-order chi connectivity index (χ0) is 8.10. The molecular formula is C8H8Cl2S. The maximum atomic E-state index is 5.57. The van der Waals surface area contributed by atoms with Gasteiger partial charge in [-0.15, -0.1) is 35.0 Å². The standard InChI is InChI=1S/C8H8Cl2S/c9-8(10)6-11-7-4-2-1-3-5-7/h1-5,8H,6H2/i6+1. The summed E-state index contributed by atoms with van der Waals surface area (Å²) in [6.45, 7) is 0. The molecule has 0 aliphatic heterocycles. The van der Waals surface area contributed by atoms with Crippen molar-refractivity contribution in [3.63, 3.8) is 0 Å². The van der Waals surface area contributed by atoms with Crippen LogP contribution in [0.5, 0.6) is 0 Å². The van der Waals surface area contributed by atoms with E-state index in [1.807, 2.05) is 30.3 Å². The van der Waals surface area contributed by atoms with Gasteiger partial charge in [-0.05, 0) is 12.1 Å². The lowest BCUT2D eigenvalue weighted by atomic mass is 10.4. The van der Waals surface area contributed by atoms with Gasteiger partial charge in [0.1, 0.15) is 4.84 Å². The highest BCUT2D eigenvalue weighted by Gasteiger charge is 1.98. The highest BCUT2D eigenvalue weighted by Crippen LogP contribution is 2.20. The lowest BCUT2D eigenvalue weighted by Gasteiger charge is -1.99. The first kappa shape index (κ1) is 9.24. The summed E-state index contributed by atoms with van der Waals surface area (Å²) in [5.74, 6) is 0.743. The first-order valence-electron chi connectivity index (χ1n) is 3.25. The molecule has 1 aromatic rings. The van der Waals surface area contributed by atoms with Gasteiger partial charge in [0.15, 0.2) is 0 Å². The van der Waals surface area contributed by atoms with Crippen molar-refractivity contribution >= 4 is 35.0 Å². The summed E-state index contributed by atoms with van der Waals surface area (Å²) in [6.07, 6.45) is 0. The van der Waals surface area contributed by atoms with Gasteiger partial charge in [0.25, 0.3) is 0 Å². The molecule has 0 N–H and O–H groups in total. The molecular weight excluding hydrogens is 200 g/mol. The molecule has 0 spiro atoms. The minimum absolute atomic E-state index is 0.278. The highest BCUT2D eigenvalue weighted by atomic mass is 35.5. The Morgan fingerprint density at radius 2 is 1.82 bits per heavy atom. The number of halogens is 2. The summed E-state index contributed by atoms with van der Waals surface area (Å²) in [7, 11) is 0. The zero-order valence-electron chi connectivity index (χ0n) is 5.84. The fraction of sp³-hybridized carbons (Fsp3) is 0.250. The summed E-state index contributed by atoms with van der Waals surface area (Å²) >= 11 is 12.8. The molecule has 1 rings (SSSR count). The fourth-order valence-corrected chi connectivity index (χ4v) is 1.72. The number of thioether (sulfide) groups is 1. The van der Waals surface area contributed by atoms with Gasteiger partial charge in [-0.3, -0.25) is 0 Å². The van der Waals surface area contributed by atoms with Gasteiger partial charge in [-0.25, -0.2) is 0 Å². The van der Waals surface area contributed by atoms with E-state index in [1.54, 1.807) is 11.8 Å². The average Bonchev–Trinajstić information content (AvgIpc) is 2.03. The highest BCUT2D eigenvalue weighted by molar-refractivity contribution is 7.99. The molecule has 0 aliphatic carbocycles. The third-order valence-corrected chi connectivity index (χ3v) is 2.90. The molecule has 0 aromatic heterocycles. The van der Waals surface area contributed by atoms with Crippen LogP contribution in [0.15, 0.2) is 35.2 Å². The molecule has 0 radical (unpaired) electrons. The Bertz CT molecular complexity index is 199. The van der Waals surface area contributed by atoms with Gasteiger partial charge in [0.2, 0.25) is 0 Å². The predicted molar refractivity (Wildman–Crippen MR) is 52.7 cm³/mol. The van der Waals surface area contributed by atoms with E-state index in [2.05, 4.69) is 0 Å². The summed E-state index contributed by atoms with van der Waals surface area (Å²) < 4.78 is 0. The Labute approximate surface area is 80.9 Å². The van der Waals surface area contributed by atoms with Crippen LogP contribution in [-0.4, -0.2) is 10.6 Å². The second-order valence-electron chi connectivity index (χ2n) is 2.02. The third kappa shape index (κ3) is 3.90. The molecule has 0 bridgehead atoms. The minimum Gasteiger partial charge on any atom is -0.123 e. The van der Waals surface area contributed by atoms with Gasteiger partial charge in [0, 0.05) is 10.6 Å². The van der Waals surface area contributed by atoms with Gasteiger partial charge in [-0.2, -0.15) is 0 Å². The predicted octanol–water partition coefficient (Wildman–Crippen LogP) is 3.58. The first-order chi connectivity index (χ1) is 5.29. The Morgan fingerprint density at radius 1 is 1.18 bits per heavy atom. The normalized spacial score (nSPS) is 10.5. The molecule has 0 amide bonds. The van der Waals surface area contributed by atoms with E-state index in [0.717, 1.165) is 5.75 Å². The lowest BCUT2D eigenvalue weighted by Crippen LogP contribution is -1.89. The largest absolute Gasteiger partial charge is 0.123 e. The van der Waals surface area contributed by atoms with Crippen LogP contribution in [-0.2, 0) is 0 Å². The zero-order valence-corrected chi connectivity index (χ0v) is 8.16. The number of benzene rings is 1. The molecule has 3 heteroatoms. The average molecular weight is 208 g/mol. The van der Waals surface area contributed by atoms with Crippen molar-refractivity contribution in [3.8, 4) is 0 Å². The Hall–Kier alpha value is 0.150. The minimum atomic E-state index is -0.278. The van der Waals surface area contributed by atoms with Gasteiger partial charge < -0.3 is 0 Å². The van der Waals surface area contributed by atoms with Crippen LogP contribution in [0.25, 0.3) is 0 Å². The third-order valence-electron chi connectivity index (χ3n) is 1.12. The fourth-order valence-electron chi connectivity index (χ4n) is 0.676. The lowest BCUT2D eigenvalue weighted by molar-refractivity contribution is 1.38. The molecule has 0 aliphatic rings. The van der Waals surface area contributed by atoms with E-state index in [9.17, 15) is 0 Å². The van der Waals surface area contributed by atoms with E-state index in [4.69, 9.17) is 23.2 Å². The molecule has 0 saturated carbocycles. The Balaban J connectivity index is 2.39. The molecule has 0 atom stereocenters. The van der Waals surface area contributed by atoms with Crippen LogP contribution < -0.4 is 0 Å². The van der Waals surface area contributed by atoms with Crippen molar-refractivity contribution in [1.82, 2.24) is 0 Å². The first-order valence-corrected chi connectivity index (χ1v) is 5.11. The van der Waals surface area contributed by atoms with E-state index >= 15 is 0 Å². The number of rotatable bonds is 3. The van der Waals surface area contributed by atoms with Gasteiger partial charge in [-0.1, -0.05) is 18.2 Å². The Morgan fingerprint density at radius 3 is 2.36 bits per heavy atom. The summed E-state index contributed by atoms with van der Waals surface area (Å²) in [5.41, 5.74) is 0. The van der Waals surface area contributed by atoms with Crippen molar-refractivity contribution in [3.05, 3.63) is 30.3 Å². The summed E-state index contributed by atoms with van der Waals surface area (Å²) in [5, 5.41) is 0. The maximum absolute atomic E-state index is 5.57. The second-order valence-corrected chi connectivity index (χ2v) is 4.39. The van der Waals surface area contributed by atoms with E-state index in [-0.39, 0.29) is 4.84 Å². The quantitative estimate of drug-likeness (QED) is 0.415. The molecule has 11 heavy (non-hydrogen) atoms. The van der Waals surface area contributed by atoms with Gasteiger partial charge in [0.05, 0.1) is 0 Å². The molecule has 0 unspecified atom stereocenters. The van der Waals surface area contributed by atoms with Crippen LogP contribution in [0.3, 0.4) is 0 Å². The van der Waals surface area contributed by atoms with Crippen LogP contribution in [0.1, 0.15) is 0 Å². The number of hydrogen-bond donors (Lipinski definition) is 0. The monoisotopic (exact) mass is 207 g/mol. The van der Waals surface area contributed by atoms with Crippen molar-refractivity contribution in [1.29, 1.82) is 0 Å². The van der Waals surface area contributed by atoms with Crippen LogP contribution in [0.4, 0.5) is 0 Å². The molecule has 1 aromatic carbocycles. The topological polar surface area (TPSA) is 0 Å².